The number of hydrogen-bond donors (Lipinski definition) is 2. The molecule has 0 spiro atoms. The number of hydrogen-bond acceptors (Lipinski definition) is 5. The van der Waals surface area contributed by atoms with Crippen LogP contribution in [0.1, 0.15) is 12.8 Å². The number of carboxylic acid groups (broad SMARTS) is 1. The molecule has 1 fully saturated rings. The van der Waals surface area contributed by atoms with Crippen LogP contribution in [0.3, 0.4) is 0 Å². The molecule has 2 atom stereocenters. The number of rotatable bonds is 2. The van der Waals surface area contributed by atoms with Gasteiger partial charge in [-0.15, -0.1) is 0 Å². The summed E-state index contributed by atoms with van der Waals surface area (Å²) in [4.78, 5) is 20.5. The SMILES string of the molecule is N[C@@H]1CC[C@H](C(=O)O)CN(c2ncc(F)cn2)C1. The summed E-state index contributed by atoms with van der Waals surface area (Å²) in [6, 6.07) is -0.122. The van der Waals surface area contributed by atoms with Gasteiger partial charge in [0.2, 0.25) is 5.95 Å². The minimum atomic E-state index is -0.851. The molecule has 1 aromatic rings. The minimum absolute atomic E-state index is 0.122. The van der Waals surface area contributed by atoms with Crippen molar-refractivity contribution < 1.29 is 14.3 Å². The highest BCUT2D eigenvalue weighted by atomic mass is 19.1. The van der Waals surface area contributed by atoms with Crippen LogP contribution in [0.25, 0.3) is 0 Å². The second-order valence-electron chi connectivity index (χ2n) is 4.48. The molecule has 0 bridgehead atoms. The molecule has 2 heterocycles. The first-order chi connectivity index (χ1) is 8.56. The van der Waals surface area contributed by atoms with E-state index in [9.17, 15) is 9.18 Å². The Morgan fingerprint density at radius 1 is 1.39 bits per heavy atom. The van der Waals surface area contributed by atoms with Crippen LogP contribution in [0.4, 0.5) is 10.3 Å². The van der Waals surface area contributed by atoms with E-state index in [0.29, 0.717) is 31.9 Å². The monoisotopic (exact) mass is 254 g/mol. The van der Waals surface area contributed by atoms with Gasteiger partial charge in [0.15, 0.2) is 5.82 Å². The molecule has 1 saturated heterocycles. The Kier molecular flexibility index (Phi) is 3.71. The van der Waals surface area contributed by atoms with Crippen LogP contribution in [-0.2, 0) is 4.79 Å². The number of nitrogens with zero attached hydrogens (tertiary/aromatic N) is 3. The first-order valence-corrected chi connectivity index (χ1v) is 5.77. The number of nitrogens with two attached hydrogens (primary N) is 1. The third-order valence-electron chi connectivity index (χ3n) is 3.02. The molecule has 0 saturated carbocycles. The topological polar surface area (TPSA) is 92.3 Å². The van der Waals surface area contributed by atoms with Gasteiger partial charge < -0.3 is 15.7 Å². The molecule has 18 heavy (non-hydrogen) atoms. The zero-order chi connectivity index (χ0) is 13.1. The van der Waals surface area contributed by atoms with Crippen LogP contribution < -0.4 is 10.6 Å². The smallest absolute Gasteiger partial charge is 0.308 e. The molecule has 3 N–H and O–H groups in total. The Morgan fingerprint density at radius 2 is 2.06 bits per heavy atom. The Bertz CT molecular complexity index is 426. The Balaban J connectivity index is 2.18. The van der Waals surface area contributed by atoms with Crippen molar-refractivity contribution in [3.63, 3.8) is 0 Å². The van der Waals surface area contributed by atoms with Crippen LogP contribution in [0.5, 0.6) is 0 Å². The number of carbonyl (C=O) groups is 1. The second kappa shape index (κ2) is 5.26. The average Bonchev–Trinajstić information content (AvgIpc) is 2.52. The summed E-state index contributed by atoms with van der Waals surface area (Å²) < 4.78 is 12.8. The third kappa shape index (κ3) is 2.92. The summed E-state index contributed by atoms with van der Waals surface area (Å²) in [5.41, 5.74) is 5.89. The van der Waals surface area contributed by atoms with E-state index >= 15 is 0 Å². The van der Waals surface area contributed by atoms with Crippen molar-refractivity contribution >= 4 is 11.9 Å². The number of anilines is 1. The van der Waals surface area contributed by atoms with Gasteiger partial charge in [0.1, 0.15) is 0 Å². The van der Waals surface area contributed by atoms with E-state index in [0.717, 1.165) is 12.4 Å². The summed E-state index contributed by atoms with van der Waals surface area (Å²) in [7, 11) is 0. The molecule has 98 valence electrons. The quantitative estimate of drug-likeness (QED) is 0.785. The van der Waals surface area contributed by atoms with Gasteiger partial charge in [0, 0.05) is 19.1 Å². The fourth-order valence-corrected chi connectivity index (χ4v) is 2.06. The van der Waals surface area contributed by atoms with E-state index in [1.54, 1.807) is 4.90 Å². The lowest BCUT2D eigenvalue weighted by Crippen LogP contribution is -2.38. The molecule has 1 aromatic heterocycles. The Labute approximate surface area is 104 Å². The van der Waals surface area contributed by atoms with E-state index in [-0.39, 0.29) is 6.04 Å². The van der Waals surface area contributed by atoms with Gasteiger partial charge in [-0.25, -0.2) is 14.4 Å². The van der Waals surface area contributed by atoms with Gasteiger partial charge in [-0.1, -0.05) is 0 Å². The van der Waals surface area contributed by atoms with E-state index in [4.69, 9.17) is 10.8 Å². The van der Waals surface area contributed by atoms with Crippen molar-refractivity contribution in [2.24, 2.45) is 11.7 Å². The maximum atomic E-state index is 12.8. The van der Waals surface area contributed by atoms with Gasteiger partial charge in [-0.05, 0) is 12.8 Å². The lowest BCUT2D eigenvalue weighted by Gasteiger charge is -2.23. The van der Waals surface area contributed by atoms with E-state index in [2.05, 4.69) is 9.97 Å². The van der Waals surface area contributed by atoms with Crippen molar-refractivity contribution in [1.82, 2.24) is 9.97 Å². The fourth-order valence-electron chi connectivity index (χ4n) is 2.06. The highest BCUT2D eigenvalue weighted by Gasteiger charge is 2.28. The summed E-state index contributed by atoms with van der Waals surface area (Å²) in [6.45, 7) is 0.782. The highest BCUT2D eigenvalue weighted by Crippen LogP contribution is 2.19. The lowest BCUT2D eigenvalue weighted by atomic mass is 10.0. The number of aromatic nitrogens is 2. The Morgan fingerprint density at radius 3 is 2.67 bits per heavy atom. The minimum Gasteiger partial charge on any atom is -0.481 e. The molecule has 6 nitrogen and oxygen atoms in total. The fraction of sp³-hybridized carbons (Fsp3) is 0.545. The van der Waals surface area contributed by atoms with Crippen LogP contribution in [0.15, 0.2) is 12.4 Å². The molecule has 2 rings (SSSR count). The molecular formula is C11H15FN4O2. The van der Waals surface area contributed by atoms with Gasteiger partial charge in [-0.3, -0.25) is 4.79 Å². The molecule has 1 aliphatic heterocycles. The molecule has 0 aromatic carbocycles. The zero-order valence-electron chi connectivity index (χ0n) is 9.79. The van der Waals surface area contributed by atoms with Crippen molar-refractivity contribution in [1.29, 1.82) is 0 Å². The first-order valence-electron chi connectivity index (χ1n) is 5.77. The molecule has 1 aliphatic rings. The average molecular weight is 254 g/mol. The molecule has 7 heteroatoms. The number of halogens is 1. The largest absolute Gasteiger partial charge is 0.481 e. The van der Waals surface area contributed by atoms with Crippen LogP contribution >= 0.6 is 0 Å². The van der Waals surface area contributed by atoms with E-state index in [1.807, 2.05) is 0 Å². The van der Waals surface area contributed by atoms with E-state index in [1.165, 1.54) is 0 Å². The van der Waals surface area contributed by atoms with Crippen molar-refractivity contribution in [2.75, 3.05) is 18.0 Å². The number of carboxylic acids is 1. The predicted molar refractivity (Wildman–Crippen MR) is 62.5 cm³/mol. The maximum Gasteiger partial charge on any atom is 0.308 e. The lowest BCUT2D eigenvalue weighted by molar-refractivity contribution is -0.141. The van der Waals surface area contributed by atoms with Gasteiger partial charge in [0.05, 0.1) is 18.3 Å². The number of aliphatic carboxylic acids is 1. The van der Waals surface area contributed by atoms with Crippen LogP contribution in [0.2, 0.25) is 0 Å². The molecule has 0 radical (unpaired) electrons. The predicted octanol–water partition coefficient (Wildman–Crippen LogP) is 0.244. The summed E-state index contributed by atoms with van der Waals surface area (Å²) in [5, 5.41) is 9.09. The standard InChI is InChI=1S/C11H15FN4O2/c12-8-3-14-11(15-4-8)16-5-7(10(17)18)1-2-9(13)6-16/h3-4,7,9H,1-2,5-6,13H2,(H,17,18)/t7-,9+/m0/s1. The van der Waals surface area contributed by atoms with Gasteiger partial charge in [0.25, 0.3) is 0 Å². The van der Waals surface area contributed by atoms with Crippen LogP contribution in [0, 0.1) is 11.7 Å². The maximum absolute atomic E-state index is 12.8. The molecule has 0 unspecified atom stereocenters. The van der Waals surface area contributed by atoms with Gasteiger partial charge in [-0.2, -0.15) is 0 Å². The van der Waals surface area contributed by atoms with Crippen molar-refractivity contribution in [3.05, 3.63) is 18.2 Å². The van der Waals surface area contributed by atoms with Crippen molar-refractivity contribution in [3.8, 4) is 0 Å². The Hall–Kier alpha value is -1.76. The van der Waals surface area contributed by atoms with Crippen LogP contribution in [-0.4, -0.2) is 40.2 Å². The zero-order valence-corrected chi connectivity index (χ0v) is 9.79. The summed E-state index contributed by atoms with van der Waals surface area (Å²) >= 11 is 0. The molecule has 0 aliphatic carbocycles. The summed E-state index contributed by atoms with van der Waals surface area (Å²) in [5.74, 6) is -1.55. The van der Waals surface area contributed by atoms with E-state index < -0.39 is 17.7 Å². The molecular weight excluding hydrogens is 239 g/mol. The van der Waals surface area contributed by atoms with Crippen molar-refractivity contribution in [2.45, 2.75) is 18.9 Å². The molecule has 0 amide bonds. The second-order valence-corrected chi connectivity index (χ2v) is 4.48. The summed E-state index contributed by atoms with van der Waals surface area (Å²) in [6.07, 6.45) is 3.31. The van der Waals surface area contributed by atoms with Gasteiger partial charge >= 0.3 is 5.97 Å². The first kappa shape index (κ1) is 12.7. The highest BCUT2D eigenvalue weighted by molar-refractivity contribution is 5.71. The normalized spacial score (nSPS) is 24.7. The third-order valence-corrected chi connectivity index (χ3v) is 3.02.